The second-order valence-electron chi connectivity index (χ2n) is 4.20. The van der Waals surface area contributed by atoms with Crippen LogP contribution in [0.15, 0.2) is 83.5 Å². The maximum absolute atomic E-state index is 10.6. The standard InChI is InChI=1S/C12H10.C6H6O3/c1-3-7-11(8-4-1)12-9-5-2-6-10-12;1-8-6(7)5-3-2-4-9-5/h1-10H;2-4H,1H3. The van der Waals surface area contributed by atoms with Crippen LogP contribution in [0.25, 0.3) is 11.1 Å². The van der Waals surface area contributed by atoms with E-state index < -0.39 is 5.97 Å². The molecule has 3 nitrogen and oxygen atoms in total. The van der Waals surface area contributed by atoms with Gasteiger partial charge in [0.05, 0.1) is 13.4 Å². The molecule has 0 aliphatic rings. The quantitative estimate of drug-likeness (QED) is 0.652. The molecule has 0 saturated heterocycles. The fourth-order valence-electron chi connectivity index (χ4n) is 1.76. The SMILES string of the molecule is COC(=O)c1ccco1.c1ccc(-c2ccccc2)cc1. The van der Waals surface area contributed by atoms with E-state index in [0.717, 1.165) is 0 Å². The van der Waals surface area contributed by atoms with E-state index in [-0.39, 0.29) is 5.76 Å². The first-order valence-corrected chi connectivity index (χ1v) is 6.53. The molecule has 0 unspecified atom stereocenters. The number of hydrogen-bond acceptors (Lipinski definition) is 3. The summed E-state index contributed by atoms with van der Waals surface area (Å²) >= 11 is 0. The second kappa shape index (κ2) is 7.70. The van der Waals surface area contributed by atoms with Crippen molar-refractivity contribution in [3.63, 3.8) is 0 Å². The predicted molar refractivity (Wildman–Crippen MR) is 81.9 cm³/mol. The highest BCUT2D eigenvalue weighted by Gasteiger charge is 2.05. The zero-order valence-electron chi connectivity index (χ0n) is 11.7. The van der Waals surface area contributed by atoms with Crippen LogP contribution < -0.4 is 0 Å². The summed E-state index contributed by atoms with van der Waals surface area (Å²) in [6.07, 6.45) is 1.42. The minimum absolute atomic E-state index is 0.234. The van der Waals surface area contributed by atoms with Crippen LogP contribution in [-0.2, 0) is 4.74 Å². The molecule has 3 aromatic rings. The van der Waals surface area contributed by atoms with Gasteiger partial charge >= 0.3 is 5.97 Å². The largest absolute Gasteiger partial charge is 0.463 e. The molecule has 0 atom stereocenters. The fraction of sp³-hybridized carbons (Fsp3) is 0.0556. The zero-order chi connectivity index (χ0) is 14.9. The van der Waals surface area contributed by atoms with Crippen LogP contribution in [0.4, 0.5) is 0 Å². The van der Waals surface area contributed by atoms with Gasteiger partial charge in [-0.25, -0.2) is 4.79 Å². The van der Waals surface area contributed by atoms with Gasteiger partial charge in [0, 0.05) is 0 Å². The number of carbonyl (C=O) groups excluding carboxylic acids is 1. The molecule has 21 heavy (non-hydrogen) atoms. The van der Waals surface area contributed by atoms with Crippen molar-refractivity contribution in [2.24, 2.45) is 0 Å². The topological polar surface area (TPSA) is 39.4 Å². The molecule has 0 N–H and O–H groups in total. The second-order valence-corrected chi connectivity index (χ2v) is 4.20. The van der Waals surface area contributed by atoms with E-state index >= 15 is 0 Å². The van der Waals surface area contributed by atoms with Crippen molar-refractivity contribution >= 4 is 5.97 Å². The highest BCUT2D eigenvalue weighted by molar-refractivity contribution is 5.85. The van der Waals surface area contributed by atoms with Crippen LogP contribution in [0, 0.1) is 0 Å². The van der Waals surface area contributed by atoms with Gasteiger partial charge in [-0.1, -0.05) is 60.7 Å². The highest BCUT2D eigenvalue weighted by atomic mass is 16.5. The summed E-state index contributed by atoms with van der Waals surface area (Å²) in [5.41, 5.74) is 2.55. The fourth-order valence-corrected chi connectivity index (χ4v) is 1.76. The number of hydrogen-bond donors (Lipinski definition) is 0. The Morgan fingerprint density at radius 3 is 1.71 bits per heavy atom. The lowest BCUT2D eigenvalue weighted by molar-refractivity contribution is 0.0565. The van der Waals surface area contributed by atoms with Gasteiger partial charge < -0.3 is 9.15 Å². The minimum Gasteiger partial charge on any atom is -0.463 e. The first-order valence-electron chi connectivity index (χ1n) is 6.53. The number of esters is 1. The van der Waals surface area contributed by atoms with Crippen molar-refractivity contribution in [2.75, 3.05) is 7.11 Å². The van der Waals surface area contributed by atoms with Crippen molar-refractivity contribution in [2.45, 2.75) is 0 Å². The van der Waals surface area contributed by atoms with Gasteiger partial charge in [0.1, 0.15) is 0 Å². The van der Waals surface area contributed by atoms with Gasteiger partial charge in [0.15, 0.2) is 0 Å². The summed E-state index contributed by atoms with van der Waals surface area (Å²) in [7, 11) is 1.31. The van der Waals surface area contributed by atoms with E-state index in [1.165, 1.54) is 24.5 Å². The monoisotopic (exact) mass is 280 g/mol. The Morgan fingerprint density at radius 2 is 1.33 bits per heavy atom. The van der Waals surface area contributed by atoms with E-state index in [0.29, 0.717) is 0 Å². The lowest BCUT2D eigenvalue weighted by Crippen LogP contribution is -1.97. The third kappa shape index (κ3) is 4.35. The minimum atomic E-state index is -0.444. The normalized spacial score (nSPS) is 9.38. The molecule has 3 rings (SSSR count). The zero-order valence-corrected chi connectivity index (χ0v) is 11.7. The number of rotatable bonds is 2. The molecule has 0 spiro atoms. The first kappa shape index (κ1) is 14.6. The van der Waals surface area contributed by atoms with Crippen molar-refractivity contribution in [1.82, 2.24) is 0 Å². The molecule has 106 valence electrons. The molecule has 0 saturated carbocycles. The smallest absolute Gasteiger partial charge is 0.373 e. The van der Waals surface area contributed by atoms with Crippen molar-refractivity contribution < 1.29 is 13.9 Å². The van der Waals surface area contributed by atoms with Crippen LogP contribution in [0.1, 0.15) is 10.6 Å². The number of ether oxygens (including phenoxy) is 1. The Balaban J connectivity index is 0.000000161. The van der Waals surface area contributed by atoms with Gasteiger partial charge in [-0.05, 0) is 23.3 Å². The number of furan rings is 1. The first-order chi connectivity index (χ1) is 10.3. The Morgan fingerprint density at radius 1 is 0.810 bits per heavy atom. The summed E-state index contributed by atoms with van der Waals surface area (Å²) in [6.45, 7) is 0. The number of carbonyl (C=O) groups is 1. The molecule has 1 heterocycles. The summed E-state index contributed by atoms with van der Waals surface area (Å²) in [5, 5.41) is 0. The maximum atomic E-state index is 10.6. The molecule has 1 aromatic heterocycles. The number of methoxy groups -OCH3 is 1. The molecule has 0 bridgehead atoms. The Labute approximate surface area is 123 Å². The van der Waals surface area contributed by atoms with E-state index in [9.17, 15) is 4.79 Å². The molecule has 0 radical (unpaired) electrons. The maximum Gasteiger partial charge on any atom is 0.373 e. The van der Waals surface area contributed by atoms with Gasteiger partial charge in [-0.2, -0.15) is 0 Å². The Hall–Kier alpha value is -2.81. The molecule has 2 aromatic carbocycles. The van der Waals surface area contributed by atoms with E-state index in [4.69, 9.17) is 4.42 Å². The van der Waals surface area contributed by atoms with Crippen LogP contribution in [-0.4, -0.2) is 13.1 Å². The molecule has 0 amide bonds. The summed E-state index contributed by atoms with van der Waals surface area (Å²) in [4.78, 5) is 10.6. The Kier molecular flexibility index (Phi) is 5.35. The molecule has 0 aliphatic carbocycles. The average Bonchev–Trinajstić information content (AvgIpc) is 3.11. The Bertz CT molecular complexity index is 606. The molecular formula is C18H16O3. The van der Waals surface area contributed by atoms with Crippen LogP contribution in [0.5, 0.6) is 0 Å². The van der Waals surface area contributed by atoms with Crippen LogP contribution in [0.2, 0.25) is 0 Å². The van der Waals surface area contributed by atoms with Crippen LogP contribution in [0.3, 0.4) is 0 Å². The average molecular weight is 280 g/mol. The predicted octanol–water partition coefficient (Wildman–Crippen LogP) is 4.42. The molecule has 0 fully saturated rings. The molecular weight excluding hydrogens is 264 g/mol. The van der Waals surface area contributed by atoms with Crippen molar-refractivity contribution in [1.29, 1.82) is 0 Å². The van der Waals surface area contributed by atoms with Gasteiger partial charge in [-0.3, -0.25) is 0 Å². The summed E-state index contributed by atoms with van der Waals surface area (Å²) in [5.74, 6) is -0.211. The molecule has 0 aliphatic heterocycles. The molecule has 3 heteroatoms. The van der Waals surface area contributed by atoms with Crippen molar-refractivity contribution in [3.8, 4) is 11.1 Å². The lowest BCUT2D eigenvalue weighted by atomic mass is 10.1. The summed E-state index contributed by atoms with van der Waals surface area (Å²) < 4.78 is 9.07. The van der Waals surface area contributed by atoms with Crippen molar-refractivity contribution in [3.05, 3.63) is 84.8 Å². The third-order valence-corrected chi connectivity index (χ3v) is 2.79. The third-order valence-electron chi connectivity index (χ3n) is 2.79. The van der Waals surface area contributed by atoms with E-state index in [1.807, 2.05) is 12.1 Å². The van der Waals surface area contributed by atoms with Crippen LogP contribution >= 0.6 is 0 Å². The summed E-state index contributed by atoms with van der Waals surface area (Å²) in [6, 6.07) is 24.0. The van der Waals surface area contributed by atoms with Gasteiger partial charge in [0.2, 0.25) is 5.76 Å². The van der Waals surface area contributed by atoms with Gasteiger partial charge in [-0.15, -0.1) is 0 Å². The lowest BCUT2D eigenvalue weighted by Gasteiger charge is -1.98. The highest BCUT2D eigenvalue weighted by Crippen LogP contribution is 2.17. The van der Waals surface area contributed by atoms with E-state index in [1.54, 1.807) is 12.1 Å². The van der Waals surface area contributed by atoms with Gasteiger partial charge in [0.25, 0.3) is 0 Å². The van der Waals surface area contributed by atoms with E-state index in [2.05, 4.69) is 53.3 Å². The number of benzene rings is 2.